The van der Waals surface area contributed by atoms with Crippen LogP contribution in [-0.4, -0.2) is 17.9 Å². The highest BCUT2D eigenvalue weighted by molar-refractivity contribution is 7.80. The van der Waals surface area contributed by atoms with Crippen molar-refractivity contribution in [3.05, 3.63) is 30.3 Å². The Morgan fingerprint density at radius 3 is 2.24 bits per heavy atom. The molecule has 1 unspecified atom stereocenters. The number of nitrogens with zero attached hydrogens (tertiary/aromatic N) is 1. The molecule has 92 valence electrons. The number of hydrogen-bond acceptors (Lipinski definition) is 2. The lowest BCUT2D eigenvalue weighted by Crippen LogP contribution is -2.41. The van der Waals surface area contributed by atoms with Gasteiger partial charge >= 0.3 is 0 Å². The molecule has 0 aliphatic rings. The second-order valence-electron chi connectivity index (χ2n) is 4.36. The first-order valence-electron chi connectivity index (χ1n) is 5.57. The second kappa shape index (κ2) is 5.77. The number of anilines is 1. The minimum atomic E-state index is -0.407. The summed E-state index contributed by atoms with van der Waals surface area (Å²) in [6.45, 7) is 3.89. The van der Waals surface area contributed by atoms with E-state index < -0.39 is 5.92 Å². The van der Waals surface area contributed by atoms with Crippen LogP contribution in [0.5, 0.6) is 0 Å². The summed E-state index contributed by atoms with van der Waals surface area (Å²) in [7, 11) is 1.74. The van der Waals surface area contributed by atoms with Gasteiger partial charge in [-0.25, -0.2) is 0 Å². The van der Waals surface area contributed by atoms with Gasteiger partial charge < -0.3 is 10.6 Å². The van der Waals surface area contributed by atoms with E-state index in [1.54, 1.807) is 11.9 Å². The molecule has 1 atom stereocenters. The van der Waals surface area contributed by atoms with E-state index >= 15 is 0 Å². The summed E-state index contributed by atoms with van der Waals surface area (Å²) in [5.41, 5.74) is 6.49. The summed E-state index contributed by atoms with van der Waals surface area (Å²) in [5.74, 6) is -0.361. The van der Waals surface area contributed by atoms with Crippen LogP contribution in [0.1, 0.15) is 13.8 Å². The van der Waals surface area contributed by atoms with Gasteiger partial charge in [0, 0.05) is 12.7 Å². The highest BCUT2D eigenvalue weighted by Gasteiger charge is 2.28. The van der Waals surface area contributed by atoms with Crippen LogP contribution in [0.15, 0.2) is 30.3 Å². The van der Waals surface area contributed by atoms with E-state index in [9.17, 15) is 4.79 Å². The lowest BCUT2D eigenvalue weighted by molar-refractivity contribution is -0.121. The molecule has 4 heteroatoms. The van der Waals surface area contributed by atoms with Gasteiger partial charge in [0.1, 0.15) is 0 Å². The molecule has 17 heavy (non-hydrogen) atoms. The number of carbonyl (C=O) groups excluding carboxylic acids is 1. The Balaban J connectivity index is 2.92. The van der Waals surface area contributed by atoms with Crippen molar-refractivity contribution < 1.29 is 4.79 Å². The van der Waals surface area contributed by atoms with Gasteiger partial charge in [-0.05, 0) is 18.1 Å². The van der Waals surface area contributed by atoms with Crippen molar-refractivity contribution in [1.29, 1.82) is 0 Å². The highest BCUT2D eigenvalue weighted by atomic mass is 32.1. The number of benzene rings is 1. The second-order valence-corrected chi connectivity index (χ2v) is 4.83. The van der Waals surface area contributed by atoms with Gasteiger partial charge in [-0.3, -0.25) is 4.79 Å². The summed E-state index contributed by atoms with van der Waals surface area (Å²) < 4.78 is 0. The number of para-hydroxylation sites is 1. The van der Waals surface area contributed by atoms with Crippen LogP contribution < -0.4 is 10.6 Å². The fourth-order valence-electron chi connectivity index (χ4n) is 1.72. The topological polar surface area (TPSA) is 46.3 Å². The standard InChI is InChI=1S/C13H18N2OS/c1-9(2)11(12(14)17)13(16)15(3)10-7-5-4-6-8-10/h4-9,11H,1-3H3,(H2,14,17). The van der Waals surface area contributed by atoms with Crippen LogP contribution in [0.3, 0.4) is 0 Å². The SMILES string of the molecule is CC(C)C(C(=O)N(C)c1ccccc1)C(N)=S. The summed E-state index contributed by atoms with van der Waals surface area (Å²) in [4.78, 5) is 14.1. The van der Waals surface area contributed by atoms with Crippen LogP contribution in [0.25, 0.3) is 0 Å². The molecule has 2 N–H and O–H groups in total. The average molecular weight is 250 g/mol. The third-order valence-corrected chi connectivity index (χ3v) is 2.97. The average Bonchev–Trinajstić information content (AvgIpc) is 2.28. The molecule has 0 radical (unpaired) electrons. The van der Waals surface area contributed by atoms with Crippen molar-refractivity contribution >= 4 is 28.8 Å². The smallest absolute Gasteiger partial charge is 0.236 e. The van der Waals surface area contributed by atoms with Crippen molar-refractivity contribution in [3.8, 4) is 0 Å². The molecule has 0 saturated carbocycles. The summed E-state index contributed by atoms with van der Waals surface area (Å²) in [6, 6.07) is 9.47. The van der Waals surface area contributed by atoms with Gasteiger partial charge in [0.15, 0.2) is 0 Å². The number of nitrogens with two attached hydrogens (primary N) is 1. The third-order valence-electron chi connectivity index (χ3n) is 2.71. The Hall–Kier alpha value is -1.42. The van der Waals surface area contributed by atoms with Crippen LogP contribution in [-0.2, 0) is 4.79 Å². The van der Waals surface area contributed by atoms with Gasteiger partial charge in [0.25, 0.3) is 0 Å². The Bertz CT molecular complexity index is 403. The molecule has 0 aromatic heterocycles. The van der Waals surface area contributed by atoms with Crippen molar-refractivity contribution in [1.82, 2.24) is 0 Å². The number of amides is 1. The molecule has 1 rings (SSSR count). The maximum Gasteiger partial charge on any atom is 0.236 e. The van der Waals surface area contributed by atoms with Gasteiger partial charge in [0.05, 0.1) is 10.9 Å². The maximum atomic E-state index is 12.3. The molecule has 0 aliphatic heterocycles. The molecule has 3 nitrogen and oxygen atoms in total. The molecule has 0 saturated heterocycles. The molecular formula is C13H18N2OS. The van der Waals surface area contributed by atoms with E-state index in [-0.39, 0.29) is 16.8 Å². The van der Waals surface area contributed by atoms with Crippen molar-refractivity contribution in [2.75, 3.05) is 11.9 Å². The number of carbonyl (C=O) groups is 1. The normalized spacial score (nSPS) is 12.2. The van der Waals surface area contributed by atoms with Crippen molar-refractivity contribution in [3.63, 3.8) is 0 Å². The van der Waals surface area contributed by atoms with E-state index in [0.29, 0.717) is 0 Å². The van der Waals surface area contributed by atoms with E-state index in [0.717, 1.165) is 5.69 Å². The molecule has 0 fully saturated rings. The number of thiocarbonyl (C=S) groups is 1. The first kappa shape index (κ1) is 13.6. The quantitative estimate of drug-likeness (QED) is 0.833. The number of hydrogen-bond donors (Lipinski definition) is 1. The zero-order valence-corrected chi connectivity index (χ0v) is 11.2. The molecular weight excluding hydrogens is 232 g/mol. The minimum Gasteiger partial charge on any atom is -0.393 e. The molecule has 0 aliphatic carbocycles. The molecule has 0 heterocycles. The Labute approximate surface area is 108 Å². The Kier molecular flexibility index (Phi) is 4.63. The van der Waals surface area contributed by atoms with Gasteiger partial charge in [-0.2, -0.15) is 0 Å². The van der Waals surface area contributed by atoms with Crippen molar-refractivity contribution in [2.24, 2.45) is 17.6 Å². The van der Waals surface area contributed by atoms with Gasteiger partial charge in [0.2, 0.25) is 5.91 Å². The molecule has 0 bridgehead atoms. The fourth-order valence-corrected chi connectivity index (χ4v) is 2.10. The molecule has 1 amide bonds. The summed E-state index contributed by atoms with van der Waals surface area (Å²) >= 11 is 4.97. The Morgan fingerprint density at radius 2 is 1.82 bits per heavy atom. The Morgan fingerprint density at radius 1 is 1.29 bits per heavy atom. The number of rotatable bonds is 4. The minimum absolute atomic E-state index is 0.0568. The molecule has 0 spiro atoms. The van der Waals surface area contributed by atoms with E-state index in [1.807, 2.05) is 44.2 Å². The summed E-state index contributed by atoms with van der Waals surface area (Å²) in [5, 5.41) is 0. The zero-order valence-electron chi connectivity index (χ0n) is 10.4. The van der Waals surface area contributed by atoms with Crippen LogP contribution in [0.4, 0.5) is 5.69 Å². The fraction of sp³-hybridized carbons (Fsp3) is 0.385. The lowest BCUT2D eigenvalue weighted by Gasteiger charge is -2.25. The molecule has 1 aromatic carbocycles. The first-order valence-corrected chi connectivity index (χ1v) is 5.98. The van der Waals surface area contributed by atoms with Crippen LogP contribution in [0.2, 0.25) is 0 Å². The van der Waals surface area contributed by atoms with E-state index in [4.69, 9.17) is 18.0 Å². The predicted molar refractivity (Wildman–Crippen MR) is 75.0 cm³/mol. The van der Waals surface area contributed by atoms with Gasteiger partial charge in [-0.1, -0.05) is 44.3 Å². The van der Waals surface area contributed by atoms with Gasteiger partial charge in [-0.15, -0.1) is 0 Å². The van der Waals surface area contributed by atoms with E-state index in [2.05, 4.69) is 0 Å². The van der Waals surface area contributed by atoms with Crippen LogP contribution >= 0.6 is 12.2 Å². The van der Waals surface area contributed by atoms with E-state index in [1.165, 1.54) is 0 Å². The predicted octanol–water partition coefficient (Wildman–Crippen LogP) is 2.21. The largest absolute Gasteiger partial charge is 0.393 e. The third kappa shape index (κ3) is 3.27. The summed E-state index contributed by atoms with van der Waals surface area (Å²) in [6.07, 6.45) is 0. The van der Waals surface area contributed by atoms with Crippen LogP contribution in [0, 0.1) is 11.8 Å². The lowest BCUT2D eigenvalue weighted by atomic mass is 9.94. The first-order chi connectivity index (χ1) is 7.95. The van der Waals surface area contributed by atoms with Crippen molar-refractivity contribution in [2.45, 2.75) is 13.8 Å². The molecule has 1 aromatic rings. The monoisotopic (exact) mass is 250 g/mol. The zero-order chi connectivity index (χ0) is 13.0. The highest BCUT2D eigenvalue weighted by Crippen LogP contribution is 2.19. The maximum absolute atomic E-state index is 12.3.